The van der Waals surface area contributed by atoms with E-state index in [0.717, 1.165) is 6.42 Å². The number of carboxylic acid groups (broad SMARTS) is 1. The molecule has 5 nitrogen and oxygen atoms in total. The number of nitrogens with zero attached hydrogens (tertiary/aromatic N) is 1. The minimum Gasteiger partial charge on any atom is -0.480 e. The molecule has 1 atom stereocenters. The lowest BCUT2D eigenvalue weighted by Crippen LogP contribution is -2.54. The van der Waals surface area contributed by atoms with E-state index in [1.807, 2.05) is 13.8 Å². The molecule has 1 rings (SSSR count). The minimum atomic E-state index is -0.950. The summed E-state index contributed by atoms with van der Waals surface area (Å²) in [5.74, 6) is 1.56. The van der Waals surface area contributed by atoms with Gasteiger partial charge in [0.2, 0.25) is 5.91 Å². The number of carbonyl (C=O) groups is 2. The highest BCUT2D eigenvalue weighted by Crippen LogP contribution is 2.28. The maximum Gasteiger partial charge on any atom is 0.323 e. The van der Waals surface area contributed by atoms with E-state index in [-0.39, 0.29) is 12.5 Å². The SMILES string of the molecule is C#CC(CC)(CC)NC(=O)CN1CCCC1(C)C(=O)O. The Balaban J connectivity index is 2.72. The summed E-state index contributed by atoms with van der Waals surface area (Å²) in [5, 5.41) is 12.2. The van der Waals surface area contributed by atoms with Crippen LogP contribution < -0.4 is 5.32 Å². The third kappa shape index (κ3) is 3.13. The van der Waals surface area contributed by atoms with Crippen molar-refractivity contribution in [3.63, 3.8) is 0 Å². The van der Waals surface area contributed by atoms with Crippen LogP contribution in [0.15, 0.2) is 0 Å². The van der Waals surface area contributed by atoms with Crippen LogP contribution in [0.25, 0.3) is 0 Å². The number of aliphatic carboxylic acids is 1. The van der Waals surface area contributed by atoms with Gasteiger partial charge in [-0.1, -0.05) is 19.8 Å². The van der Waals surface area contributed by atoms with Gasteiger partial charge in [0.25, 0.3) is 0 Å². The molecule has 1 saturated heterocycles. The lowest BCUT2D eigenvalue weighted by molar-refractivity contribution is -0.149. The van der Waals surface area contributed by atoms with Gasteiger partial charge in [0.1, 0.15) is 11.1 Å². The maximum atomic E-state index is 12.2. The molecule has 0 radical (unpaired) electrons. The van der Waals surface area contributed by atoms with E-state index in [4.69, 9.17) is 6.42 Å². The summed E-state index contributed by atoms with van der Waals surface area (Å²) in [4.78, 5) is 25.2. The molecule has 5 heteroatoms. The second kappa shape index (κ2) is 6.27. The number of carbonyl (C=O) groups excluding carboxylic acids is 1. The second-order valence-electron chi connectivity index (χ2n) is 5.59. The number of hydrogen-bond donors (Lipinski definition) is 2. The van der Waals surface area contributed by atoms with Crippen LogP contribution in [0.1, 0.15) is 46.5 Å². The zero-order chi connectivity index (χ0) is 15.4. The molecule has 1 heterocycles. The standard InChI is InChI=1S/C15H24N2O3/c1-5-15(6-2,7-3)16-12(18)11-17-10-8-9-14(17,4)13(19)20/h1H,6-11H2,2-4H3,(H,16,18)(H,19,20). The summed E-state index contributed by atoms with van der Waals surface area (Å²) >= 11 is 0. The van der Waals surface area contributed by atoms with Crippen molar-refractivity contribution >= 4 is 11.9 Å². The van der Waals surface area contributed by atoms with Crippen molar-refractivity contribution in [3.05, 3.63) is 0 Å². The first-order valence-electron chi connectivity index (χ1n) is 7.11. The first kappa shape index (κ1) is 16.5. The number of likely N-dealkylation sites (tertiary alicyclic amines) is 1. The number of carboxylic acids is 1. The van der Waals surface area contributed by atoms with E-state index in [9.17, 15) is 14.7 Å². The molecule has 0 aliphatic carbocycles. The van der Waals surface area contributed by atoms with E-state index < -0.39 is 17.0 Å². The van der Waals surface area contributed by atoms with Crippen LogP contribution in [0.3, 0.4) is 0 Å². The average molecular weight is 280 g/mol. The van der Waals surface area contributed by atoms with Crippen LogP contribution in [-0.4, -0.2) is 46.1 Å². The van der Waals surface area contributed by atoms with Crippen molar-refractivity contribution in [1.29, 1.82) is 0 Å². The van der Waals surface area contributed by atoms with Crippen LogP contribution in [0.2, 0.25) is 0 Å². The maximum absolute atomic E-state index is 12.2. The molecule has 2 N–H and O–H groups in total. The van der Waals surface area contributed by atoms with Gasteiger partial charge in [0, 0.05) is 0 Å². The monoisotopic (exact) mass is 280 g/mol. The predicted octanol–water partition coefficient (Wildman–Crippen LogP) is 1.23. The number of amides is 1. The number of terminal acetylenes is 1. The molecule has 0 aromatic rings. The quantitative estimate of drug-likeness (QED) is 0.718. The van der Waals surface area contributed by atoms with Gasteiger partial charge in [-0.15, -0.1) is 6.42 Å². The van der Waals surface area contributed by atoms with Crippen LogP contribution in [0.4, 0.5) is 0 Å². The van der Waals surface area contributed by atoms with Crippen molar-refractivity contribution in [2.24, 2.45) is 0 Å². The summed E-state index contributed by atoms with van der Waals surface area (Å²) in [6, 6.07) is 0. The highest BCUT2D eigenvalue weighted by Gasteiger charge is 2.44. The first-order valence-corrected chi connectivity index (χ1v) is 7.11. The molecule has 20 heavy (non-hydrogen) atoms. The Kier molecular flexibility index (Phi) is 5.18. The van der Waals surface area contributed by atoms with Crippen LogP contribution in [-0.2, 0) is 9.59 Å². The molecular formula is C15H24N2O3. The highest BCUT2D eigenvalue weighted by atomic mass is 16.4. The van der Waals surface area contributed by atoms with E-state index >= 15 is 0 Å². The molecule has 1 aliphatic heterocycles. The Morgan fingerprint density at radius 1 is 1.45 bits per heavy atom. The van der Waals surface area contributed by atoms with Crippen LogP contribution >= 0.6 is 0 Å². The van der Waals surface area contributed by atoms with E-state index in [0.29, 0.717) is 25.8 Å². The van der Waals surface area contributed by atoms with Gasteiger partial charge in [-0.2, -0.15) is 0 Å². The van der Waals surface area contributed by atoms with E-state index in [1.54, 1.807) is 11.8 Å². The summed E-state index contributed by atoms with van der Waals surface area (Å²) in [7, 11) is 0. The zero-order valence-corrected chi connectivity index (χ0v) is 12.5. The molecule has 1 aliphatic rings. The zero-order valence-electron chi connectivity index (χ0n) is 12.5. The fourth-order valence-electron chi connectivity index (χ4n) is 2.66. The third-order valence-corrected chi connectivity index (χ3v) is 4.45. The number of hydrogen-bond acceptors (Lipinski definition) is 3. The van der Waals surface area contributed by atoms with Crippen molar-refractivity contribution < 1.29 is 14.7 Å². The molecule has 1 fully saturated rings. The molecule has 0 spiro atoms. The molecule has 0 aromatic carbocycles. The normalized spacial score (nSPS) is 23.3. The van der Waals surface area contributed by atoms with Crippen molar-refractivity contribution in [2.45, 2.75) is 57.5 Å². The van der Waals surface area contributed by atoms with Gasteiger partial charge in [-0.05, 0) is 39.2 Å². The van der Waals surface area contributed by atoms with Crippen LogP contribution in [0.5, 0.6) is 0 Å². The van der Waals surface area contributed by atoms with Crippen molar-refractivity contribution in [1.82, 2.24) is 10.2 Å². The van der Waals surface area contributed by atoms with Gasteiger partial charge in [0.05, 0.1) is 6.54 Å². The first-order chi connectivity index (χ1) is 9.33. The number of rotatable bonds is 6. The summed E-state index contributed by atoms with van der Waals surface area (Å²) in [6.07, 6.45) is 8.18. The van der Waals surface area contributed by atoms with E-state index in [1.165, 1.54) is 0 Å². The fourth-order valence-corrected chi connectivity index (χ4v) is 2.66. The van der Waals surface area contributed by atoms with Crippen molar-refractivity contribution in [2.75, 3.05) is 13.1 Å². The molecule has 0 bridgehead atoms. The van der Waals surface area contributed by atoms with Gasteiger partial charge in [-0.3, -0.25) is 14.5 Å². The molecule has 0 aromatic heterocycles. The predicted molar refractivity (Wildman–Crippen MR) is 77.1 cm³/mol. The lowest BCUT2D eigenvalue weighted by Gasteiger charge is -2.33. The Hall–Kier alpha value is -1.54. The minimum absolute atomic E-state index is 0.0756. The van der Waals surface area contributed by atoms with Crippen LogP contribution in [0, 0.1) is 12.3 Å². The lowest BCUT2D eigenvalue weighted by atomic mass is 9.94. The molecule has 1 unspecified atom stereocenters. The van der Waals surface area contributed by atoms with Gasteiger partial charge >= 0.3 is 5.97 Å². The summed E-state index contributed by atoms with van der Waals surface area (Å²) in [6.45, 7) is 6.23. The summed E-state index contributed by atoms with van der Waals surface area (Å²) < 4.78 is 0. The largest absolute Gasteiger partial charge is 0.480 e. The van der Waals surface area contributed by atoms with Crippen molar-refractivity contribution in [3.8, 4) is 12.3 Å². The van der Waals surface area contributed by atoms with E-state index in [2.05, 4.69) is 11.2 Å². The van der Waals surface area contributed by atoms with Gasteiger partial charge in [-0.25, -0.2) is 0 Å². The Bertz CT molecular complexity index is 423. The summed E-state index contributed by atoms with van der Waals surface area (Å²) in [5.41, 5.74) is -1.58. The van der Waals surface area contributed by atoms with Gasteiger partial charge < -0.3 is 10.4 Å². The Morgan fingerprint density at radius 2 is 2.05 bits per heavy atom. The molecule has 112 valence electrons. The second-order valence-corrected chi connectivity index (χ2v) is 5.59. The van der Waals surface area contributed by atoms with Gasteiger partial charge in [0.15, 0.2) is 0 Å². The Labute approximate surface area is 120 Å². The molecule has 0 saturated carbocycles. The smallest absolute Gasteiger partial charge is 0.323 e. The average Bonchev–Trinajstić information content (AvgIpc) is 2.79. The molecular weight excluding hydrogens is 256 g/mol. The molecule has 1 amide bonds. The topological polar surface area (TPSA) is 69.6 Å². The highest BCUT2D eigenvalue weighted by molar-refractivity contribution is 5.83. The number of nitrogens with one attached hydrogen (secondary N) is 1. The fraction of sp³-hybridized carbons (Fsp3) is 0.733. The Morgan fingerprint density at radius 3 is 2.50 bits per heavy atom. The third-order valence-electron chi connectivity index (χ3n) is 4.45.